The lowest BCUT2D eigenvalue weighted by Gasteiger charge is -2.07. The molecule has 2 rings (SSSR count). The molecule has 0 saturated carbocycles. The quantitative estimate of drug-likeness (QED) is 0.772. The Labute approximate surface area is 93.5 Å². The predicted octanol–water partition coefficient (Wildman–Crippen LogP) is 0.380. The summed E-state index contributed by atoms with van der Waals surface area (Å²) in [6, 6.07) is 5.61. The first-order valence-corrected chi connectivity index (χ1v) is 5.15. The predicted molar refractivity (Wildman–Crippen MR) is 58.1 cm³/mol. The summed E-state index contributed by atoms with van der Waals surface area (Å²) in [5.74, 6) is 1.39. The third kappa shape index (κ3) is 2.25. The van der Waals surface area contributed by atoms with Crippen molar-refractivity contribution in [2.75, 3.05) is 13.3 Å². The van der Waals surface area contributed by atoms with E-state index in [1.54, 1.807) is 0 Å². The Morgan fingerprint density at radius 3 is 3.12 bits per heavy atom. The number of hydrogen-bond acceptors (Lipinski definition) is 4. The number of carbonyl (C=O) groups is 1. The van der Waals surface area contributed by atoms with Gasteiger partial charge in [0, 0.05) is 25.1 Å². The lowest BCUT2D eigenvalue weighted by atomic mass is 10.2. The Morgan fingerprint density at radius 2 is 2.31 bits per heavy atom. The zero-order chi connectivity index (χ0) is 11.4. The maximum Gasteiger partial charge on any atom is 0.231 e. The number of benzene rings is 1. The van der Waals surface area contributed by atoms with E-state index in [-0.39, 0.29) is 12.7 Å². The fraction of sp³-hybridized carbons (Fsp3) is 0.364. The third-order valence-corrected chi connectivity index (χ3v) is 2.33. The van der Waals surface area contributed by atoms with Crippen molar-refractivity contribution in [3.05, 3.63) is 23.8 Å². The van der Waals surface area contributed by atoms with Gasteiger partial charge >= 0.3 is 0 Å². The number of rotatable bonds is 4. The van der Waals surface area contributed by atoms with Crippen molar-refractivity contribution in [3.8, 4) is 11.5 Å². The maximum absolute atomic E-state index is 11.3. The second-order valence-electron chi connectivity index (χ2n) is 3.47. The summed E-state index contributed by atoms with van der Waals surface area (Å²) in [6.45, 7) is 1.03. The molecule has 0 saturated heterocycles. The summed E-state index contributed by atoms with van der Waals surface area (Å²) in [5, 5.41) is 2.78. The standard InChI is InChI=1S/C11H14N2O3/c12-5-4-10(14)13-6-8-2-1-3-9-11(8)16-7-15-9/h1-3H,4-7,12H2,(H,13,14). The molecule has 1 aliphatic rings. The molecular formula is C11H14N2O3. The number of amides is 1. The first-order chi connectivity index (χ1) is 7.81. The minimum absolute atomic E-state index is 0.0565. The highest BCUT2D eigenvalue weighted by Crippen LogP contribution is 2.35. The number of nitrogens with one attached hydrogen (secondary N) is 1. The monoisotopic (exact) mass is 222 g/mol. The normalized spacial score (nSPS) is 12.6. The van der Waals surface area contributed by atoms with Gasteiger partial charge in [0.15, 0.2) is 11.5 Å². The number of nitrogens with two attached hydrogens (primary N) is 1. The molecule has 1 heterocycles. The Hall–Kier alpha value is -1.75. The fourth-order valence-corrected chi connectivity index (χ4v) is 1.54. The lowest BCUT2D eigenvalue weighted by Crippen LogP contribution is -2.25. The highest BCUT2D eigenvalue weighted by atomic mass is 16.7. The Bertz CT molecular complexity index is 393. The van der Waals surface area contributed by atoms with E-state index < -0.39 is 0 Å². The van der Waals surface area contributed by atoms with Crippen LogP contribution in [0, 0.1) is 0 Å². The number of hydrogen-bond donors (Lipinski definition) is 2. The van der Waals surface area contributed by atoms with Gasteiger partial charge in [-0.25, -0.2) is 0 Å². The minimum Gasteiger partial charge on any atom is -0.454 e. The van der Waals surface area contributed by atoms with Crippen molar-refractivity contribution in [3.63, 3.8) is 0 Å². The largest absolute Gasteiger partial charge is 0.454 e. The highest BCUT2D eigenvalue weighted by molar-refractivity contribution is 5.76. The highest BCUT2D eigenvalue weighted by Gasteiger charge is 2.17. The zero-order valence-electron chi connectivity index (χ0n) is 8.86. The van der Waals surface area contributed by atoms with Crippen molar-refractivity contribution in [2.24, 2.45) is 5.73 Å². The average Bonchev–Trinajstić information content (AvgIpc) is 2.75. The molecule has 1 aromatic rings. The molecule has 0 aromatic heterocycles. The maximum atomic E-state index is 11.3. The zero-order valence-corrected chi connectivity index (χ0v) is 8.86. The van der Waals surface area contributed by atoms with Crippen molar-refractivity contribution in [1.82, 2.24) is 5.32 Å². The molecule has 0 fully saturated rings. The molecule has 3 N–H and O–H groups in total. The van der Waals surface area contributed by atoms with Gasteiger partial charge in [-0.3, -0.25) is 4.79 Å². The van der Waals surface area contributed by atoms with Gasteiger partial charge in [-0.2, -0.15) is 0 Å². The molecule has 0 bridgehead atoms. The molecule has 1 aromatic carbocycles. The molecule has 16 heavy (non-hydrogen) atoms. The van der Waals surface area contributed by atoms with Crippen LogP contribution in [0.2, 0.25) is 0 Å². The molecule has 0 unspecified atom stereocenters. The van der Waals surface area contributed by atoms with Gasteiger partial charge in [-0.1, -0.05) is 12.1 Å². The number of para-hydroxylation sites is 1. The molecule has 5 nitrogen and oxygen atoms in total. The molecular weight excluding hydrogens is 208 g/mol. The van der Waals surface area contributed by atoms with E-state index in [2.05, 4.69) is 5.32 Å². The summed E-state index contributed by atoms with van der Waals surface area (Å²) in [6.07, 6.45) is 0.340. The molecule has 86 valence electrons. The molecule has 5 heteroatoms. The van der Waals surface area contributed by atoms with E-state index in [0.717, 1.165) is 17.1 Å². The van der Waals surface area contributed by atoms with Gasteiger partial charge < -0.3 is 20.5 Å². The third-order valence-electron chi connectivity index (χ3n) is 2.33. The van der Waals surface area contributed by atoms with Crippen LogP contribution in [0.5, 0.6) is 11.5 Å². The Morgan fingerprint density at radius 1 is 1.44 bits per heavy atom. The van der Waals surface area contributed by atoms with E-state index in [0.29, 0.717) is 19.5 Å². The van der Waals surface area contributed by atoms with Crippen LogP contribution in [0.4, 0.5) is 0 Å². The van der Waals surface area contributed by atoms with Gasteiger partial charge in [-0.05, 0) is 6.07 Å². The van der Waals surface area contributed by atoms with Crippen LogP contribution in [0.25, 0.3) is 0 Å². The Kier molecular flexibility index (Phi) is 3.26. The molecule has 1 amide bonds. The topological polar surface area (TPSA) is 73.6 Å². The summed E-state index contributed by atoms with van der Waals surface area (Å²) in [4.78, 5) is 11.3. The van der Waals surface area contributed by atoms with Gasteiger partial charge in [0.05, 0.1) is 0 Å². The van der Waals surface area contributed by atoms with E-state index in [1.165, 1.54) is 0 Å². The van der Waals surface area contributed by atoms with E-state index in [4.69, 9.17) is 15.2 Å². The van der Waals surface area contributed by atoms with Crippen molar-refractivity contribution < 1.29 is 14.3 Å². The van der Waals surface area contributed by atoms with Crippen LogP contribution in [-0.4, -0.2) is 19.2 Å². The van der Waals surface area contributed by atoms with Gasteiger partial charge in [0.1, 0.15) is 0 Å². The smallest absolute Gasteiger partial charge is 0.231 e. The van der Waals surface area contributed by atoms with Crippen molar-refractivity contribution >= 4 is 5.91 Å². The van der Waals surface area contributed by atoms with E-state index >= 15 is 0 Å². The fourth-order valence-electron chi connectivity index (χ4n) is 1.54. The number of carbonyl (C=O) groups excluding carboxylic acids is 1. The molecule has 0 radical (unpaired) electrons. The van der Waals surface area contributed by atoms with Crippen molar-refractivity contribution in [1.29, 1.82) is 0 Å². The summed E-state index contributed by atoms with van der Waals surface area (Å²) >= 11 is 0. The average molecular weight is 222 g/mol. The van der Waals surface area contributed by atoms with Crippen LogP contribution in [0.15, 0.2) is 18.2 Å². The minimum atomic E-state index is -0.0565. The van der Waals surface area contributed by atoms with Crippen LogP contribution in [0.3, 0.4) is 0 Å². The van der Waals surface area contributed by atoms with Gasteiger partial charge in [-0.15, -0.1) is 0 Å². The lowest BCUT2D eigenvalue weighted by molar-refractivity contribution is -0.121. The van der Waals surface area contributed by atoms with Crippen molar-refractivity contribution in [2.45, 2.75) is 13.0 Å². The molecule has 0 aliphatic carbocycles. The van der Waals surface area contributed by atoms with E-state index in [9.17, 15) is 4.79 Å². The van der Waals surface area contributed by atoms with Crippen LogP contribution >= 0.6 is 0 Å². The van der Waals surface area contributed by atoms with E-state index in [1.807, 2.05) is 18.2 Å². The first kappa shape index (κ1) is 10.8. The SMILES string of the molecule is NCCC(=O)NCc1cccc2c1OCO2. The van der Waals surface area contributed by atoms with Crippen LogP contribution in [0.1, 0.15) is 12.0 Å². The first-order valence-electron chi connectivity index (χ1n) is 5.15. The summed E-state index contributed by atoms with van der Waals surface area (Å²) in [7, 11) is 0. The van der Waals surface area contributed by atoms with Gasteiger partial charge in [0.2, 0.25) is 12.7 Å². The van der Waals surface area contributed by atoms with Gasteiger partial charge in [0.25, 0.3) is 0 Å². The number of ether oxygens (including phenoxy) is 2. The molecule has 1 aliphatic heterocycles. The Balaban J connectivity index is 2.00. The van der Waals surface area contributed by atoms with Crippen LogP contribution in [-0.2, 0) is 11.3 Å². The molecule has 0 atom stereocenters. The summed E-state index contributed by atoms with van der Waals surface area (Å²) in [5.41, 5.74) is 6.20. The second kappa shape index (κ2) is 4.85. The van der Waals surface area contributed by atoms with Crippen LogP contribution < -0.4 is 20.5 Å². The number of fused-ring (bicyclic) bond motifs is 1. The second-order valence-corrected chi connectivity index (χ2v) is 3.47. The summed E-state index contributed by atoms with van der Waals surface area (Å²) < 4.78 is 10.6. The molecule has 0 spiro atoms.